The number of rotatable bonds is 7. The minimum Gasteiger partial charge on any atom is -0.482 e. The second kappa shape index (κ2) is 9.14. The molecule has 1 amide bonds. The molecule has 1 N–H and O–H groups in total. The van der Waals surface area contributed by atoms with E-state index < -0.39 is 0 Å². The van der Waals surface area contributed by atoms with E-state index in [4.69, 9.17) is 16.3 Å². The molecule has 29 heavy (non-hydrogen) atoms. The molecule has 154 valence electrons. The van der Waals surface area contributed by atoms with Crippen molar-refractivity contribution in [2.75, 3.05) is 26.2 Å². The normalized spacial score (nSPS) is 19.3. The second-order valence-electron chi connectivity index (χ2n) is 8.24. The number of nitrogens with zero attached hydrogens (tertiary/aromatic N) is 2. The zero-order valence-corrected chi connectivity index (χ0v) is 17.4. The topological polar surface area (TPSA) is 54.5 Å². The summed E-state index contributed by atoms with van der Waals surface area (Å²) in [6.07, 6.45) is 9.05. The molecule has 0 spiro atoms. The van der Waals surface area contributed by atoms with E-state index in [0.717, 1.165) is 37.5 Å². The summed E-state index contributed by atoms with van der Waals surface area (Å²) in [5.41, 5.74) is 1.69. The summed E-state index contributed by atoms with van der Waals surface area (Å²) in [5.74, 6) is 0.550. The highest BCUT2D eigenvalue weighted by molar-refractivity contribution is 6.30. The van der Waals surface area contributed by atoms with Crippen LogP contribution in [0, 0.1) is 0 Å². The van der Waals surface area contributed by atoms with Crippen LogP contribution in [-0.2, 0) is 10.2 Å². The maximum absolute atomic E-state index is 12.2. The molecule has 1 aliphatic carbocycles. The van der Waals surface area contributed by atoms with E-state index in [-0.39, 0.29) is 24.0 Å². The fraction of sp³-hybridized carbons (Fsp3) is 0.478. The van der Waals surface area contributed by atoms with Crippen LogP contribution in [0.3, 0.4) is 0 Å². The number of piperidine rings is 1. The number of amides is 1. The Morgan fingerprint density at radius 3 is 2.59 bits per heavy atom. The summed E-state index contributed by atoms with van der Waals surface area (Å²) < 4.78 is 5.48. The lowest BCUT2D eigenvalue weighted by atomic mass is 9.64. The molecule has 4 rings (SSSR count). The Bertz CT molecular complexity index is 801. The first-order chi connectivity index (χ1) is 14.1. The predicted molar refractivity (Wildman–Crippen MR) is 114 cm³/mol. The molecular weight excluding hydrogens is 386 g/mol. The zero-order valence-electron chi connectivity index (χ0n) is 16.6. The fourth-order valence-electron chi connectivity index (χ4n) is 4.46. The number of pyridine rings is 1. The molecule has 0 atom stereocenters. The van der Waals surface area contributed by atoms with E-state index >= 15 is 0 Å². The van der Waals surface area contributed by atoms with Crippen LogP contribution in [0.5, 0.6) is 5.75 Å². The van der Waals surface area contributed by atoms with Gasteiger partial charge in [-0.2, -0.15) is 0 Å². The van der Waals surface area contributed by atoms with Crippen molar-refractivity contribution in [1.82, 2.24) is 15.2 Å². The van der Waals surface area contributed by atoms with Crippen molar-refractivity contribution in [3.63, 3.8) is 0 Å². The third-order valence-corrected chi connectivity index (χ3v) is 6.50. The van der Waals surface area contributed by atoms with Gasteiger partial charge in [-0.3, -0.25) is 9.78 Å². The van der Waals surface area contributed by atoms with E-state index in [1.54, 1.807) is 24.5 Å². The minimum absolute atomic E-state index is 0.0333. The molecule has 1 aromatic carbocycles. The van der Waals surface area contributed by atoms with E-state index in [1.807, 2.05) is 12.1 Å². The molecule has 1 saturated carbocycles. The SMILES string of the molecule is O=C(COc1cccnc1)NC1CCN(CC2(c3ccc(Cl)cc3)CCC2)CC1. The Morgan fingerprint density at radius 2 is 1.97 bits per heavy atom. The average Bonchev–Trinajstić information content (AvgIpc) is 2.72. The van der Waals surface area contributed by atoms with Gasteiger partial charge in [0.1, 0.15) is 5.75 Å². The molecular formula is C23H28ClN3O2. The number of carbonyl (C=O) groups is 1. The lowest BCUT2D eigenvalue weighted by molar-refractivity contribution is -0.124. The number of benzene rings is 1. The second-order valence-corrected chi connectivity index (χ2v) is 8.67. The Labute approximate surface area is 177 Å². The van der Waals surface area contributed by atoms with Gasteiger partial charge in [-0.1, -0.05) is 30.2 Å². The molecule has 2 aliphatic rings. The van der Waals surface area contributed by atoms with Gasteiger partial charge in [-0.25, -0.2) is 0 Å². The monoisotopic (exact) mass is 413 g/mol. The quantitative estimate of drug-likeness (QED) is 0.749. The fourth-order valence-corrected chi connectivity index (χ4v) is 4.59. The summed E-state index contributed by atoms with van der Waals surface area (Å²) in [4.78, 5) is 18.7. The van der Waals surface area contributed by atoms with Crippen LogP contribution < -0.4 is 10.1 Å². The molecule has 0 unspecified atom stereocenters. The number of ether oxygens (including phenoxy) is 1. The van der Waals surface area contributed by atoms with Crippen molar-refractivity contribution in [3.8, 4) is 5.75 Å². The highest BCUT2D eigenvalue weighted by atomic mass is 35.5. The van der Waals surface area contributed by atoms with Crippen molar-refractivity contribution in [2.45, 2.75) is 43.6 Å². The van der Waals surface area contributed by atoms with E-state index in [9.17, 15) is 4.79 Å². The summed E-state index contributed by atoms with van der Waals surface area (Å²) in [5, 5.41) is 3.91. The predicted octanol–water partition coefficient (Wildman–Crippen LogP) is 3.82. The van der Waals surface area contributed by atoms with Gasteiger partial charge in [0.2, 0.25) is 0 Å². The summed E-state index contributed by atoms with van der Waals surface area (Å²) in [7, 11) is 0. The van der Waals surface area contributed by atoms with Gasteiger partial charge in [0, 0.05) is 42.3 Å². The van der Waals surface area contributed by atoms with Gasteiger partial charge in [0.15, 0.2) is 6.61 Å². The maximum Gasteiger partial charge on any atom is 0.258 e. The van der Waals surface area contributed by atoms with Gasteiger partial charge >= 0.3 is 0 Å². The highest BCUT2D eigenvalue weighted by Crippen LogP contribution is 2.44. The van der Waals surface area contributed by atoms with Crippen LogP contribution in [0.4, 0.5) is 0 Å². The van der Waals surface area contributed by atoms with E-state index in [0.29, 0.717) is 5.75 Å². The first-order valence-electron chi connectivity index (χ1n) is 10.4. The average molecular weight is 414 g/mol. The number of likely N-dealkylation sites (tertiary alicyclic amines) is 1. The number of aromatic nitrogens is 1. The number of nitrogens with one attached hydrogen (secondary N) is 1. The summed E-state index contributed by atoms with van der Waals surface area (Å²) in [6, 6.07) is 12.2. The van der Waals surface area contributed by atoms with Gasteiger partial charge in [-0.05, 0) is 55.5 Å². The van der Waals surface area contributed by atoms with Gasteiger partial charge in [-0.15, -0.1) is 0 Å². The molecule has 5 nitrogen and oxygen atoms in total. The van der Waals surface area contributed by atoms with Crippen LogP contribution in [0.2, 0.25) is 5.02 Å². The smallest absolute Gasteiger partial charge is 0.258 e. The summed E-state index contributed by atoms with van der Waals surface area (Å²) in [6.45, 7) is 3.17. The maximum atomic E-state index is 12.2. The number of carbonyl (C=O) groups excluding carboxylic acids is 1. The number of halogens is 1. The molecule has 2 heterocycles. The Kier molecular flexibility index (Phi) is 6.36. The van der Waals surface area contributed by atoms with Crippen molar-refractivity contribution >= 4 is 17.5 Å². The Balaban J connectivity index is 1.23. The third-order valence-electron chi connectivity index (χ3n) is 6.25. The zero-order chi connectivity index (χ0) is 20.1. The minimum atomic E-state index is -0.0658. The molecule has 2 fully saturated rings. The molecule has 6 heteroatoms. The highest BCUT2D eigenvalue weighted by Gasteiger charge is 2.40. The molecule has 0 bridgehead atoms. The van der Waals surface area contributed by atoms with Crippen LogP contribution in [0.15, 0.2) is 48.8 Å². The van der Waals surface area contributed by atoms with Crippen molar-refractivity contribution in [3.05, 3.63) is 59.4 Å². The van der Waals surface area contributed by atoms with Gasteiger partial charge in [0.25, 0.3) is 5.91 Å². The molecule has 2 aromatic rings. The Morgan fingerprint density at radius 1 is 1.21 bits per heavy atom. The molecule has 1 aromatic heterocycles. The largest absolute Gasteiger partial charge is 0.482 e. The number of hydrogen-bond donors (Lipinski definition) is 1. The van der Waals surface area contributed by atoms with Crippen molar-refractivity contribution in [1.29, 1.82) is 0 Å². The first kappa shape index (κ1) is 20.2. The van der Waals surface area contributed by atoms with Crippen molar-refractivity contribution in [2.24, 2.45) is 0 Å². The summed E-state index contributed by atoms with van der Waals surface area (Å²) >= 11 is 6.07. The lowest BCUT2D eigenvalue weighted by Gasteiger charge is -2.47. The van der Waals surface area contributed by atoms with Gasteiger partial charge < -0.3 is 15.0 Å². The first-order valence-corrected chi connectivity index (χ1v) is 10.8. The molecule has 1 aliphatic heterocycles. The van der Waals surface area contributed by atoms with Gasteiger partial charge in [0.05, 0.1) is 6.20 Å². The molecule has 1 saturated heterocycles. The van der Waals surface area contributed by atoms with Crippen molar-refractivity contribution < 1.29 is 9.53 Å². The number of hydrogen-bond acceptors (Lipinski definition) is 4. The van der Waals surface area contributed by atoms with Crippen LogP contribution in [-0.4, -0.2) is 48.1 Å². The lowest BCUT2D eigenvalue weighted by Crippen LogP contribution is -2.51. The Hall–Kier alpha value is -2.11. The van der Waals surface area contributed by atoms with Crippen LogP contribution >= 0.6 is 11.6 Å². The standard InChI is InChI=1S/C23H28ClN3O2/c24-19-6-4-18(5-7-19)23(10-2-11-23)17-27-13-8-20(9-14-27)26-22(28)16-29-21-3-1-12-25-15-21/h1,3-7,12,15,20H,2,8-11,13-14,16-17H2,(H,26,28). The van der Waals surface area contributed by atoms with Crippen LogP contribution in [0.1, 0.15) is 37.7 Å². The van der Waals surface area contributed by atoms with Crippen LogP contribution in [0.25, 0.3) is 0 Å². The third kappa shape index (κ3) is 5.09. The molecule has 0 radical (unpaired) electrons. The van der Waals surface area contributed by atoms with E-state index in [2.05, 4.69) is 27.3 Å². The van der Waals surface area contributed by atoms with E-state index in [1.165, 1.54) is 24.8 Å².